The van der Waals surface area contributed by atoms with E-state index in [0.717, 1.165) is 77.0 Å². The fourth-order valence-corrected chi connectivity index (χ4v) is 7.93. The number of aliphatic hydroxyl groups excluding tert-OH is 4. The van der Waals surface area contributed by atoms with Gasteiger partial charge in [0.15, 0.2) is 6.29 Å². The lowest BCUT2D eigenvalue weighted by Gasteiger charge is -2.39. The van der Waals surface area contributed by atoms with Crippen LogP contribution in [-0.4, -0.2) is 89.6 Å². The first-order valence-electron chi connectivity index (χ1n) is 27.0. The molecule has 1 rings (SSSR count). The maximum atomic E-state index is 12.9. The second-order valence-corrected chi connectivity index (χ2v) is 18.3. The third-order valence-corrected chi connectivity index (χ3v) is 12.1. The summed E-state index contributed by atoms with van der Waals surface area (Å²) in [5.41, 5.74) is 0. The molecule has 66 heavy (non-hydrogen) atoms. The monoisotopic (exact) mass is 929 g/mol. The maximum Gasteiger partial charge on any atom is 0.306 e. The van der Waals surface area contributed by atoms with Crippen molar-refractivity contribution >= 4 is 5.97 Å². The van der Waals surface area contributed by atoms with Gasteiger partial charge in [-0.15, -0.1) is 0 Å². The molecule has 0 radical (unpaired) electrons. The average Bonchev–Trinajstić information content (AvgIpc) is 3.32. The van der Waals surface area contributed by atoms with Crippen LogP contribution in [0, 0.1) is 0 Å². The van der Waals surface area contributed by atoms with Crippen LogP contribution in [0.2, 0.25) is 0 Å². The van der Waals surface area contributed by atoms with Crippen molar-refractivity contribution in [2.24, 2.45) is 0 Å². The van der Waals surface area contributed by atoms with Crippen molar-refractivity contribution in [3.8, 4) is 0 Å². The number of ether oxygens (including phenoxy) is 4. The van der Waals surface area contributed by atoms with E-state index in [2.05, 4.69) is 86.8 Å². The normalized spacial score (nSPS) is 19.9. The Morgan fingerprint density at radius 3 is 1.39 bits per heavy atom. The number of unbranched alkanes of at least 4 members (excludes halogenated alkanes) is 23. The molecule has 9 heteroatoms. The third-order valence-electron chi connectivity index (χ3n) is 12.1. The van der Waals surface area contributed by atoms with Crippen molar-refractivity contribution in [3.05, 3.63) is 72.9 Å². The molecule has 4 N–H and O–H groups in total. The highest BCUT2D eigenvalue weighted by Gasteiger charge is 2.44. The predicted octanol–water partition coefficient (Wildman–Crippen LogP) is 13.6. The molecule has 0 bridgehead atoms. The molecule has 9 nitrogen and oxygen atoms in total. The van der Waals surface area contributed by atoms with Crippen LogP contribution in [0.1, 0.15) is 219 Å². The minimum atomic E-state index is -1.54. The number of carbonyl (C=O) groups excluding carboxylic acids is 1. The summed E-state index contributed by atoms with van der Waals surface area (Å²) in [7, 11) is 0. The first-order chi connectivity index (χ1) is 32.4. The quantitative estimate of drug-likeness (QED) is 0.0267. The summed E-state index contributed by atoms with van der Waals surface area (Å²) in [5.74, 6) is -0.321. The van der Waals surface area contributed by atoms with Crippen molar-refractivity contribution < 1.29 is 44.2 Å². The molecule has 0 spiro atoms. The largest absolute Gasteiger partial charge is 0.457 e. The summed E-state index contributed by atoms with van der Waals surface area (Å²) < 4.78 is 22.9. The molecule has 0 aliphatic carbocycles. The standard InChI is InChI=1S/C57H100O9/c1-3-5-7-9-11-13-15-17-19-21-23-25-26-27-28-30-32-34-36-38-40-42-44-46-53(59)65-51(50-64-57-56(62)55(61)54(60)52(48-58)66-57)49-63-47-45-43-41-39-37-35-33-31-29-24-22-20-18-16-14-12-10-8-6-4-2/h6,8,12,14-15,17-18,20-21,23-24,29,51-52,54-58,60-62H,3-5,7,9-11,13,16,19,22,25-28,30-50H2,1-2H3/b8-6-,14-12-,17-15-,20-18-,23-21-,29-24-. The highest BCUT2D eigenvalue weighted by Crippen LogP contribution is 2.23. The maximum absolute atomic E-state index is 12.9. The summed E-state index contributed by atoms with van der Waals surface area (Å²) in [6.45, 7) is 4.42. The molecule has 1 fully saturated rings. The van der Waals surface area contributed by atoms with Gasteiger partial charge in [0.25, 0.3) is 0 Å². The minimum Gasteiger partial charge on any atom is -0.457 e. The van der Waals surface area contributed by atoms with Gasteiger partial charge in [0.1, 0.15) is 30.5 Å². The zero-order valence-electron chi connectivity index (χ0n) is 42.2. The van der Waals surface area contributed by atoms with Gasteiger partial charge in [-0.2, -0.15) is 0 Å². The minimum absolute atomic E-state index is 0.121. The molecular formula is C57H100O9. The van der Waals surface area contributed by atoms with Crippen LogP contribution < -0.4 is 0 Å². The molecule has 0 aromatic rings. The molecule has 382 valence electrons. The molecule has 0 amide bonds. The molecule has 0 aromatic carbocycles. The van der Waals surface area contributed by atoms with Gasteiger partial charge in [-0.3, -0.25) is 4.79 Å². The highest BCUT2D eigenvalue weighted by atomic mass is 16.7. The summed E-state index contributed by atoms with van der Waals surface area (Å²) in [6, 6.07) is 0. The number of hydrogen-bond donors (Lipinski definition) is 4. The topological polar surface area (TPSA) is 135 Å². The van der Waals surface area contributed by atoms with Gasteiger partial charge in [0, 0.05) is 13.0 Å². The Kier molecular flexibility index (Phi) is 44.5. The number of allylic oxidation sites excluding steroid dienone is 12. The van der Waals surface area contributed by atoms with E-state index in [0.29, 0.717) is 13.0 Å². The van der Waals surface area contributed by atoms with Gasteiger partial charge < -0.3 is 39.4 Å². The summed E-state index contributed by atoms with van der Waals surface area (Å²) in [4.78, 5) is 12.9. The van der Waals surface area contributed by atoms with Crippen LogP contribution in [0.4, 0.5) is 0 Å². The first-order valence-corrected chi connectivity index (χ1v) is 27.0. The summed E-state index contributed by atoms with van der Waals surface area (Å²) >= 11 is 0. The molecule has 1 aliphatic heterocycles. The zero-order chi connectivity index (χ0) is 47.8. The highest BCUT2D eigenvalue weighted by molar-refractivity contribution is 5.69. The Labute approximate surface area is 404 Å². The fraction of sp³-hybridized carbons (Fsp3) is 0.772. The number of esters is 1. The molecule has 1 saturated heterocycles. The van der Waals surface area contributed by atoms with E-state index >= 15 is 0 Å². The Bertz CT molecular complexity index is 1240. The van der Waals surface area contributed by atoms with E-state index in [1.54, 1.807) is 0 Å². The lowest BCUT2D eigenvalue weighted by atomic mass is 9.99. The van der Waals surface area contributed by atoms with E-state index < -0.39 is 43.4 Å². The van der Waals surface area contributed by atoms with Crippen molar-refractivity contribution in [2.45, 2.75) is 256 Å². The summed E-state index contributed by atoms with van der Waals surface area (Å²) in [6.07, 6.45) is 56.5. The molecule has 6 unspecified atom stereocenters. The van der Waals surface area contributed by atoms with E-state index in [4.69, 9.17) is 18.9 Å². The van der Waals surface area contributed by atoms with Gasteiger partial charge in [-0.25, -0.2) is 0 Å². The van der Waals surface area contributed by atoms with Crippen molar-refractivity contribution in [3.63, 3.8) is 0 Å². The molecule has 6 atom stereocenters. The van der Waals surface area contributed by atoms with Crippen LogP contribution in [0.5, 0.6) is 0 Å². The van der Waals surface area contributed by atoms with Crippen molar-refractivity contribution in [1.29, 1.82) is 0 Å². The molecular weight excluding hydrogens is 829 g/mol. The second kappa shape index (κ2) is 47.7. The van der Waals surface area contributed by atoms with Crippen LogP contribution in [0.3, 0.4) is 0 Å². The van der Waals surface area contributed by atoms with E-state index in [-0.39, 0.29) is 19.2 Å². The number of rotatable bonds is 46. The van der Waals surface area contributed by atoms with E-state index in [1.807, 2.05) is 0 Å². The van der Waals surface area contributed by atoms with Gasteiger partial charge in [0.2, 0.25) is 0 Å². The van der Waals surface area contributed by atoms with E-state index in [1.165, 1.54) is 122 Å². The van der Waals surface area contributed by atoms with Crippen molar-refractivity contribution in [1.82, 2.24) is 0 Å². The first kappa shape index (κ1) is 61.6. The fourth-order valence-electron chi connectivity index (χ4n) is 7.93. The van der Waals surface area contributed by atoms with E-state index in [9.17, 15) is 25.2 Å². The zero-order valence-corrected chi connectivity index (χ0v) is 42.2. The summed E-state index contributed by atoms with van der Waals surface area (Å²) in [5, 5.41) is 40.3. The Morgan fingerprint density at radius 2 is 0.924 bits per heavy atom. The Morgan fingerprint density at radius 1 is 0.500 bits per heavy atom. The Hall–Kier alpha value is -2.37. The molecule has 1 heterocycles. The SMILES string of the molecule is CC/C=C\C/C=C\C/C=C\C/C=C\CCCCCCCCCOCC(COC1OC(CO)C(O)C(O)C1O)OC(=O)CCCCCCCCCCCCC/C=C\C/C=C\CCCCCCC. The smallest absolute Gasteiger partial charge is 0.306 e. The lowest BCUT2D eigenvalue weighted by molar-refractivity contribution is -0.305. The molecule has 0 saturated carbocycles. The van der Waals surface area contributed by atoms with Crippen LogP contribution in [0.25, 0.3) is 0 Å². The molecule has 1 aliphatic rings. The van der Waals surface area contributed by atoms with Crippen LogP contribution in [0.15, 0.2) is 72.9 Å². The van der Waals surface area contributed by atoms with Crippen LogP contribution in [-0.2, 0) is 23.7 Å². The Balaban J connectivity index is 2.20. The third kappa shape index (κ3) is 37.6. The van der Waals surface area contributed by atoms with Crippen LogP contribution >= 0.6 is 0 Å². The number of carbonyl (C=O) groups is 1. The number of hydrogen-bond acceptors (Lipinski definition) is 9. The lowest BCUT2D eigenvalue weighted by Crippen LogP contribution is -2.59. The number of aliphatic hydroxyl groups is 4. The van der Waals surface area contributed by atoms with Gasteiger partial charge in [-0.05, 0) is 83.5 Å². The average molecular weight is 929 g/mol. The predicted molar refractivity (Wildman–Crippen MR) is 274 cm³/mol. The van der Waals surface area contributed by atoms with Gasteiger partial charge in [0.05, 0.1) is 19.8 Å². The van der Waals surface area contributed by atoms with Crippen molar-refractivity contribution in [2.75, 3.05) is 26.4 Å². The van der Waals surface area contributed by atoms with Gasteiger partial charge >= 0.3 is 5.97 Å². The molecule has 0 aromatic heterocycles. The second-order valence-electron chi connectivity index (χ2n) is 18.3. The van der Waals surface area contributed by atoms with Gasteiger partial charge in [-0.1, -0.05) is 202 Å².